The van der Waals surface area contributed by atoms with Gasteiger partial charge in [-0.3, -0.25) is 4.79 Å². The third-order valence-electron chi connectivity index (χ3n) is 2.73. The third kappa shape index (κ3) is 2.17. The summed E-state index contributed by atoms with van der Waals surface area (Å²) in [7, 11) is 0. The molecule has 1 unspecified atom stereocenters. The van der Waals surface area contributed by atoms with Crippen LogP contribution in [0.25, 0.3) is 0 Å². The second-order valence-electron chi connectivity index (χ2n) is 3.92. The van der Waals surface area contributed by atoms with Crippen molar-refractivity contribution in [3.05, 3.63) is 29.3 Å². The molecule has 1 aliphatic rings. The van der Waals surface area contributed by atoms with Crippen LogP contribution < -0.4 is 0 Å². The third-order valence-corrected chi connectivity index (χ3v) is 3.91. The molecule has 0 amide bonds. The SMILES string of the molecule is Cc1ccc2c(c1)C(C(=O)O)CCCS2. The van der Waals surface area contributed by atoms with Gasteiger partial charge in [-0.1, -0.05) is 17.7 Å². The van der Waals surface area contributed by atoms with Crippen molar-refractivity contribution in [3.8, 4) is 0 Å². The molecule has 1 aliphatic heterocycles. The average Bonchev–Trinajstić information content (AvgIpc) is 2.39. The number of thioether (sulfide) groups is 1. The molecule has 0 spiro atoms. The maximum Gasteiger partial charge on any atom is 0.311 e. The van der Waals surface area contributed by atoms with E-state index >= 15 is 0 Å². The molecule has 2 rings (SSSR count). The second kappa shape index (κ2) is 4.27. The molecule has 0 fully saturated rings. The van der Waals surface area contributed by atoms with Crippen LogP contribution in [0.15, 0.2) is 23.1 Å². The summed E-state index contributed by atoms with van der Waals surface area (Å²) < 4.78 is 0. The molecule has 0 aliphatic carbocycles. The first-order chi connectivity index (χ1) is 7.18. The molecule has 3 heteroatoms. The summed E-state index contributed by atoms with van der Waals surface area (Å²) in [4.78, 5) is 12.3. The van der Waals surface area contributed by atoms with Gasteiger partial charge in [-0.15, -0.1) is 11.8 Å². The quantitative estimate of drug-likeness (QED) is 0.793. The molecule has 1 aromatic carbocycles. The lowest BCUT2D eigenvalue weighted by Gasteiger charge is -2.13. The summed E-state index contributed by atoms with van der Waals surface area (Å²) >= 11 is 1.78. The number of fused-ring (bicyclic) bond motifs is 1. The van der Waals surface area contributed by atoms with Gasteiger partial charge in [0.1, 0.15) is 0 Å². The molecule has 0 radical (unpaired) electrons. The van der Waals surface area contributed by atoms with Gasteiger partial charge in [-0.2, -0.15) is 0 Å². The predicted molar refractivity (Wildman–Crippen MR) is 61.5 cm³/mol. The minimum Gasteiger partial charge on any atom is -0.481 e. The van der Waals surface area contributed by atoms with E-state index in [0.29, 0.717) is 0 Å². The van der Waals surface area contributed by atoms with Crippen molar-refractivity contribution < 1.29 is 9.90 Å². The van der Waals surface area contributed by atoms with Gasteiger partial charge in [-0.05, 0) is 37.1 Å². The Morgan fingerprint density at radius 3 is 3.07 bits per heavy atom. The molecule has 0 saturated carbocycles. The van der Waals surface area contributed by atoms with Gasteiger partial charge in [0.2, 0.25) is 0 Å². The predicted octanol–water partition coefficient (Wildman–Crippen LogP) is 3.05. The van der Waals surface area contributed by atoms with Crippen molar-refractivity contribution in [1.82, 2.24) is 0 Å². The minimum absolute atomic E-state index is 0.310. The number of rotatable bonds is 1. The Morgan fingerprint density at radius 1 is 1.53 bits per heavy atom. The van der Waals surface area contributed by atoms with E-state index in [2.05, 4.69) is 12.1 Å². The molecule has 1 aromatic rings. The molecule has 2 nitrogen and oxygen atoms in total. The molecule has 0 bridgehead atoms. The molecular weight excluding hydrogens is 208 g/mol. The monoisotopic (exact) mass is 222 g/mol. The highest BCUT2D eigenvalue weighted by molar-refractivity contribution is 7.99. The molecule has 15 heavy (non-hydrogen) atoms. The van der Waals surface area contributed by atoms with Crippen LogP contribution in [0.5, 0.6) is 0 Å². The Kier molecular flexibility index (Phi) is 3.00. The van der Waals surface area contributed by atoms with Gasteiger partial charge in [0.15, 0.2) is 0 Å². The highest BCUT2D eigenvalue weighted by atomic mass is 32.2. The van der Waals surface area contributed by atoms with E-state index in [1.54, 1.807) is 11.8 Å². The number of benzene rings is 1. The first-order valence-electron chi connectivity index (χ1n) is 5.14. The van der Waals surface area contributed by atoms with Crippen LogP contribution in [-0.2, 0) is 4.79 Å². The van der Waals surface area contributed by atoms with Crippen molar-refractivity contribution in [1.29, 1.82) is 0 Å². The number of aryl methyl sites for hydroxylation is 1. The summed E-state index contributed by atoms with van der Waals surface area (Å²) in [6, 6.07) is 6.12. The molecular formula is C12H14O2S. The van der Waals surface area contributed by atoms with E-state index in [1.165, 1.54) is 0 Å². The number of carbonyl (C=O) groups is 1. The van der Waals surface area contributed by atoms with Crippen LogP contribution in [0, 0.1) is 6.92 Å². The summed E-state index contributed by atoms with van der Waals surface area (Å²) in [6.07, 6.45) is 1.74. The van der Waals surface area contributed by atoms with Gasteiger partial charge in [0, 0.05) is 4.90 Å². The highest BCUT2D eigenvalue weighted by Crippen LogP contribution is 2.36. The van der Waals surface area contributed by atoms with E-state index in [-0.39, 0.29) is 5.92 Å². The maximum atomic E-state index is 11.2. The molecule has 1 heterocycles. The zero-order valence-corrected chi connectivity index (χ0v) is 9.51. The van der Waals surface area contributed by atoms with Crippen molar-refractivity contribution in [2.45, 2.75) is 30.6 Å². The number of aliphatic carboxylic acids is 1. The van der Waals surface area contributed by atoms with Gasteiger partial charge in [-0.25, -0.2) is 0 Å². The Balaban J connectivity index is 2.46. The first-order valence-corrected chi connectivity index (χ1v) is 6.13. The lowest BCUT2D eigenvalue weighted by atomic mass is 9.93. The van der Waals surface area contributed by atoms with E-state index < -0.39 is 5.97 Å². The fraction of sp³-hybridized carbons (Fsp3) is 0.417. The fourth-order valence-electron chi connectivity index (χ4n) is 1.95. The Labute approximate surface area is 93.7 Å². The molecule has 80 valence electrons. The van der Waals surface area contributed by atoms with E-state index in [1.807, 2.05) is 13.0 Å². The summed E-state index contributed by atoms with van der Waals surface area (Å²) in [5.74, 6) is 0.0269. The lowest BCUT2D eigenvalue weighted by molar-refractivity contribution is -0.139. The largest absolute Gasteiger partial charge is 0.481 e. The van der Waals surface area contributed by atoms with Crippen molar-refractivity contribution in [3.63, 3.8) is 0 Å². The van der Waals surface area contributed by atoms with Gasteiger partial charge in [0.25, 0.3) is 0 Å². The molecule has 0 aromatic heterocycles. The Bertz CT molecular complexity index is 387. The zero-order chi connectivity index (χ0) is 10.8. The van der Waals surface area contributed by atoms with Crippen LogP contribution in [0.3, 0.4) is 0 Å². The topological polar surface area (TPSA) is 37.3 Å². The van der Waals surface area contributed by atoms with Crippen molar-refractivity contribution in [2.24, 2.45) is 0 Å². The number of hydrogen-bond donors (Lipinski definition) is 1. The number of carboxylic acids is 1. The Hall–Kier alpha value is -0.960. The van der Waals surface area contributed by atoms with Crippen LogP contribution in [0.4, 0.5) is 0 Å². The molecule has 1 atom stereocenters. The van der Waals surface area contributed by atoms with Crippen molar-refractivity contribution >= 4 is 17.7 Å². The van der Waals surface area contributed by atoms with Crippen LogP contribution >= 0.6 is 11.8 Å². The summed E-state index contributed by atoms with van der Waals surface area (Å²) in [5, 5.41) is 9.19. The van der Waals surface area contributed by atoms with Gasteiger partial charge >= 0.3 is 5.97 Å². The molecule has 1 N–H and O–H groups in total. The highest BCUT2D eigenvalue weighted by Gasteiger charge is 2.24. The van der Waals surface area contributed by atoms with E-state index in [0.717, 1.165) is 34.6 Å². The maximum absolute atomic E-state index is 11.2. The fourth-order valence-corrected chi connectivity index (χ4v) is 3.02. The standard InChI is InChI=1S/C12H14O2S/c1-8-4-5-11-10(7-8)9(12(13)14)3-2-6-15-11/h4-5,7,9H,2-3,6H2,1H3,(H,13,14). The lowest BCUT2D eigenvalue weighted by Crippen LogP contribution is -2.11. The van der Waals surface area contributed by atoms with Crippen LogP contribution in [0.2, 0.25) is 0 Å². The normalized spacial score (nSPS) is 20.5. The van der Waals surface area contributed by atoms with E-state index in [9.17, 15) is 9.90 Å². The van der Waals surface area contributed by atoms with Crippen LogP contribution in [0.1, 0.15) is 29.9 Å². The van der Waals surface area contributed by atoms with E-state index in [4.69, 9.17) is 0 Å². The number of carboxylic acid groups (broad SMARTS) is 1. The first kappa shape index (κ1) is 10.6. The van der Waals surface area contributed by atoms with Crippen molar-refractivity contribution in [2.75, 3.05) is 5.75 Å². The summed E-state index contributed by atoms with van der Waals surface area (Å²) in [5.41, 5.74) is 2.15. The summed E-state index contributed by atoms with van der Waals surface area (Å²) in [6.45, 7) is 2.01. The zero-order valence-electron chi connectivity index (χ0n) is 8.69. The average molecular weight is 222 g/mol. The number of hydrogen-bond acceptors (Lipinski definition) is 2. The van der Waals surface area contributed by atoms with Crippen LogP contribution in [-0.4, -0.2) is 16.8 Å². The second-order valence-corrected chi connectivity index (χ2v) is 5.06. The van der Waals surface area contributed by atoms with Gasteiger partial charge in [0.05, 0.1) is 5.92 Å². The van der Waals surface area contributed by atoms with Gasteiger partial charge < -0.3 is 5.11 Å². The smallest absolute Gasteiger partial charge is 0.311 e. The minimum atomic E-state index is -0.690. The molecule has 0 saturated heterocycles. The Morgan fingerprint density at radius 2 is 2.33 bits per heavy atom.